The first-order valence-electron chi connectivity index (χ1n) is 10.2. The zero-order valence-electron chi connectivity index (χ0n) is 18.7. The number of nitrogens with one attached hydrogen (secondary N) is 1. The van der Waals surface area contributed by atoms with Gasteiger partial charge < -0.3 is 10.1 Å². The molecule has 1 aromatic carbocycles. The van der Waals surface area contributed by atoms with Crippen LogP contribution >= 0.6 is 0 Å². The average Bonchev–Trinajstić information content (AvgIpc) is 2.59. The van der Waals surface area contributed by atoms with E-state index in [1.807, 2.05) is 18.2 Å². The minimum Gasteiger partial charge on any atom is -0.460 e. The first-order chi connectivity index (χ1) is 13.3. The lowest BCUT2D eigenvalue weighted by Gasteiger charge is -2.42. The summed E-state index contributed by atoms with van der Waals surface area (Å²) in [5, 5.41) is 4.63. The van der Waals surface area contributed by atoms with Crippen LogP contribution in [0.1, 0.15) is 52.7 Å². The Morgan fingerprint density at radius 2 is 1.55 bits per heavy atom. The molecule has 4 nitrogen and oxygen atoms in total. The molecule has 0 bridgehead atoms. The summed E-state index contributed by atoms with van der Waals surface area (Å²) >= 11 is 0. The van der Waals surface area contributed by atoms with E-state index in [-0.39, 0.29) is 16.6 Å². The summed E-state index contributed by atoms with van der Waals surface area (Å²) in [6, 6.07) is 4.07. The number of benzene rings is 1. The number of aromatic nitrogens is 1. The maximum Gasteiger partial charge on any atom is 0.221 e. The van der Waals surface area contributed by atoms with E-state index in [0.29, 0.717) is 0 Å². The third-order valence-corrected chi connectivity index (χ3v) is 5.79. The molecular formula is C25H30N2O2. The van der Waals surface area contributed by atoms with Crippen LogP contribution in [0.2, 0.25) is 0 Å². The number of Topliss-reactive ketones (excluding diaryl/α,β-unsaturated/α-hetero) is 1. The lowest BCUT2D eigenvalue weighted by molar-refractivity contribution is -0.114. The summed E-state index contributed by atoms with van der Waals surface area (Å²) in [4.78, 5) is 17.9. The maximum absolute atomic E-state index is 13.4. The van der Waals surface area contributed by atoms with Crippen LogP contribution in [0.25, 0.3) is 10.9 Å². The molecule has 4 rings (SSSR count). The third kappa shape index (κ3) is 3.06. The topological polar surface area (TPSA) is 51.2 Å². The Morgan fingerprint density at radius 3 is 2.10 bits per heavy atom. The summed E-state index contributed by atoms with van der Waals surface area (Å²) in [6.07, 6.45) is 5.73. The average molecular weight is 391 g/mol. The summed E-state index contributed by atoms with van der Waals surface area (Å²) in [5.41, 5.74) is 4.28. The van der Waals surface area contributed by atoms with Crippen LogP contribution in [-0.4, -0.2) is 16.5 Å². The number of anilines is 1. The Bertz CT molecular complexity index is 1070. The molecule has 29 heavy (non-hydrogen) atoms. The van der Waals surface area contributed by atoms with Crippen molar-refractivity contribution in [2.45, 2.75) is 61.1 Å². The Hall–Kier alpha value is -2.62. The Kier molecular flexibility index (Phi) is 4.03. The molecular weight excluding hydrogens is 360 g/mol. The third-order valence-electron chi connectivity index (χ3n) is 5.79. The summed E-state index contributed by atoms with van der Waals surface area (Å²) in [6.45, 7) is 16.6. The molecule has 1 spiro atoms. The van der Waals surface area contributed by atoms with Crippen molar-refractivity contribution in [3.8, 4) is 5.75 Å². The maximum atomic E-state index is 13.4. The second-order valence-corrected chi connectivity index (χ2v) is 10.4. The molecule has 1 aliphatic carbocycles. The van der Waals surface area contributed by atoms with E-state index in [4.69, 9.17) is 4.74 Å². The van der Waals surface area contributed by atoms with Gasteiger partial charge in [0.1, 0.15) is 5.75 Å². The first-order valence-corrected chi connectivity index (χ1v) is 10.2. The van der Waals surface area contributed by atoms with E-state index in [1.54, 1.807) is 6.20 Å². The van der Waals surface area contributed by atoms with E-state index in [9.17, 15) is 4.79 Å². The quantitative estimate of drug-likeness (QED) is 0.610. The van der Waals surface area contributed by atoms with E-state index in [1.165, 1.54) is 0 Å². The predicted octanol–water partition coefficient (Wildman–Crippen LogP) is 5.88. The SMILES string of the molecule is Cc1cc(C)c2nccc3c2c1NC1(C=C(C(C)(C)C)C(=O)C(C(C)(C)C)=C1)O3. The van der Waals surface area contributed by atoms with Gasteiger partial charge in [0.05, 0.1) is 16.6 Å². The molecule has 0 radical (unpaired) electrons. The predicted molar refractivity (Wildman–Crippen MR) is 118 cm³/mol. The van der Waals surface area contributed by atoms with Gasteiger partial charge >= 0.3 is 0 Å². The summed E-state index contributed by atoms with van der Waals surface area (Å²) in [5.74, 6) is 0.895. The van der Waals surface area contributed by atoms with Crippen LogP contribution in [0.4, 0.5) is 5.69 Å². The number of rotatable bonds is 0. The number of carbonyl (C=O) groups excluding carboxylic acids is 1. The zero-order chi connectivity index (χ0) is 21.4. The number of aryl methyl sites for hydroxylation is 2. The molecule has 1 aromatic heterocycles. The molecule has 4 heteroatoms. The molecule has 2 aliphatic rings. The zero-order valence-corrected chi connectivity index (χ0v) is 18.7. The minimum absolute atomic E-state index is 0.104. The number of pyridine rings is 1. The van der Waals surface area contributed by atoms with Crippen molar-refractivity contribution in [3.63, 3.8) is 0 Å². The van der Waals surface area contributed by atoms with Crippen LogP contribution in [0, 0.1) is 24.7 Å². The van der Waals surface area contributed by atoms with Crippen LogP contribution in [0.5, 0.6) is 5.75 Å². The number of carbonyl (C=O) groups is 1. The van der Waals surface area contributed by atoms with Gasteiger partial charge in [-0.05, 0) is 54.0 Å². The standard InChI is InChI=1S/C25H30N2O2/c1-14-11-15(2)21-19-18(9-10-26-20(14)19)29-25(27-21)12-16(23(3,4)5)22(28)17(13-25)24(6,7)8/h9-13,27H,1-8H3. The van der Waals surface area contributed by atoms with Crippen LogP contribution in [0.3, 0.4) is 0 Å². The minimum atomic E-state index is -0.902. The lowest BCUT2D eigenvalue weighted by atomic mass is 9.71. The highest BCUT2D eigenvalue weighted by Gasteiger charge is 2.44. The molecule has 0 fully saturated rings. The monoisotopic (exact) mass is 390 g/mol. The summed E-state index contributed by atoms with van der Waals surface area (Å²) in [7, 11) is 0. The Labute approximate surface area is 173 Å². The fourth-order valence-electron chi connectivity index (χ4n) is 4.29. The van der Waals surface area contributed by atoms with Crippen molar-refractivity contribution in [1.29, 1.82) is 0 Å². The second kappa shape index (κ2) is 5.94. The second-order valence-electron chi connectivity index (χ2n) is 10.4. The lowest BCUT2D eigenvalue weighted by Crippen LogP contribution is -2.48. The van der Waals surface area contributed by atoms with Gasteiger partial charge in [-0.25, -0.2) is 0 Å². The van der Waals surface area contributed by atoms with Gasteiger partial charge in [-0.2, -0.15) is 0 Å². The Morgan fingerprint density at radius 1 is 0.966 bits per heavy atom. The molecule has 1 aliphatic heterocycles. The fourth-order valence-corrected chi connectivity index (χ4v) is 4.29. The van der Waals surface area contributed by atoms with Crippen LogP contribution in [0.15, 0.2) is 41.6 Å². The van der Waals surface area contributed by atoms with Crippen molar-refractivity contribution < 1.29 is 9.53 Å². The van der Waals surface area contributed by atoms with E-state index in [2.05, 4.69) is 71.8 Å². The van der Waals surface area contributed by atoms with Crippen molar-refractivity contribution in [2.24, 2.45) is 10.8 Å². The van der Waals surface area contributed by atoms with Gasteiger partial charge in [-0.3, -0.25) is 9.78 Å². The van der Waals surface area contributed by atoms with Crippen molar-refractivity contribution >= 4 is 22.4 Å². The molecule has 2 heterocycles. The van der Waals surface area contributed by atoms with Crippen molar-refractivity contribution in [2.75, 3.05) is 5.32 Å². The number of ether oxygens (including phenoxy) is 1. The highest BCUT2D eigenvalue weighted by Crippen LogP contribution is 2.47. The molecule has 2 aromatic rings. The van der Waals surface area contributed by atoms with Gasteiger partial charge in [0, 0.05) is 17.3 Å². The molecule has 0 atom stereocenters. The smallest absolute Gasteiger partial charge is 0.221 e. The van der Waals surface area contributed by atoms with Crippen molar-refractivity contribution in [3.05, 3.63) is 52.8 Å². The van der Waals surface area contributed by atoms with Gasteiger partial charge in [0.25, 0.3) is 0 Å². The highest BCUT2D eigenvalue weighted by molar-refractivity contribution is 6.11. The van der Waals surface area contributed by atoms with Crippen LogP contribution in [-0.2, 0) is 4.79 Å². The van der Waals surface area contributed by atoms with E-state index in [0.717, 1.165) is 44.6 Å². The fraction of sp³-hybridized carbons (Fsp3) is 0.440. The molecule has 0 amide bonds. The van der Waals surface area contributed by atoms with Gasteiger partial charge in [0.15, 0.2) is 5.78 Å². The van der Waals surface area contributed by atoms with Crippen molar-refractivity contribution in [1.82, 2.24) is 4.98 Å². The molecule has 0 saturated carbocycles. The number of hydrogen-bond donors (Lipinski definition) is 1. The Balaban J connectivity index is 1.99. The van der Waals surface area contributed by atoms with Gasteiger partial charge in [0.2, 0.25) is 5.72 Å². The number of ketones is 1. The normalized spacial score (nSPS) is 18.3. The number of allylic oxidation sites excluding steroid dienone is 2. The molecule has 152 valence electrons. The van der Waals surface area contributed by atoms with Gasteiger partial charge in [-0.1, -0.05) is 47.6 Å². The number of nitrogens with zero attached hydrogens (tertiary/aromatic N) is 1. The largest absolute Gasteiger partial charge is 0.460 e. The molecule has 0 saturated heterocycles. The van der Waals surface area contributed by atoms with Gasteiger partial charge in [-0.15, -0.1) is 0 Å². The van der Waals surface area contributed by atoms with E-state index < -0.39 is 5.72 Å². The summed E-state index contributed by atoms with van der Waals surface area (Å²) < 4.78 is 6.59. The highest BCUT2D eigenvalue weighted by atomic mass is 16.5. The molecule has 0 unspecified atom stereocenters. The molecule has 1 N–H and O–H groups in total. The van der Waals surface area contributed by atoms with E-state index >= 15 is 0 Å². The first kappa shape index (κ1) is 19.7. The van der Waals surface area contributed by atoms with Crippen LogP contribution < -0.4 is 10.1 Å². The number of hydrogen-bond acceptors (Lipinski definition) is 4.